The number of benzene rings is 2. The Bertz CT molecular complexity index is 893. The molecule has 1 fully saturated rings. The topological polar surface area (TPSA) is 67.9 Å². The van der Waals surface area contributed by atoms with Gasteiger partial charge in [0.15, 0.2) is 11.5 Å². The molecule has 6 nitrogen and oxygen atoms in total. The molecule has 0 saturated carbocycles. The molecule has 3 amide bonds. The monoisotopic (exact) mass is 370 g/mol. The van der Waals surface area contributed by atoms with Crippen molar-refractivity contribution in [3.8, 4) is 11.5 Å². The fourth-order valence-electron chi connectivity index (χ4n) is 2.71. The van der Waals surface area contributed by atoms with Crippen LogP contribution in [0.4, 0.5) is 9.18 Å². The van der Waals surface area contributed by atoms with Gasteiger partial charge in [-0.05, 0) is 48.4 Å². The normalized spacial score (nSPS) is 15.2. The van der Waals surface area contributed by atoms with Gasteiger partial charge in [0.1, 0.15) is 11.5 Å². The maximum Gasteiger partial charge on any atom is 0.329 e. The molecular formula is C20H19FN2O4. The van der Waals surface area contributed by atoms with Crippen LogP contribution in [0.25, 0.3) is 6.08 Å². The molecule has 1 aliphatic heterocycles. The molecule has 0 bridgehead atoms. The van der Waals surface area contributed by atoms with Crippen molar-refractivity contribution in [2.45, 2.75) is 13.5 Å². The molecule has 1 heterocycles. The molecule has 140 valence electrons. The minimum Gasteiger partial charge on any atom is -0.493 e. The first-order chi connectivity index (χ1) is 13.0. The van der Waals surface area contributed by atoms with E-state index < -0.39 is 11.9 Å². The number of hydrogen-bond acceptors (Lipinski definition) is 4. The molecule has 7 heteroatoms. The van der Waals surface area contributed by atoms with Crippen LogP contribution in [0.2, 0.25) is 0 Å². The highest BCUT2D eigenvalue weighted by Crippen LogP contribution is 2.29. The van der Waals surface area contributed by atoms with E-state index in [0.717, 1.165) is 4.90 Å². The number of methoxy groups -OCH3 is 1. The average Bonchev–Trinajstić information content (AvgIpc) is 2.91. The van der Waals surface area contributed by atoms with Crippen LogP contribution in [-0.2, 0) is 11.3 Å². The highest BCUT2D eigenvalue weighted by molar-refractivity contribution is 6.13. The summed E-state index contributed by atoms with van der Waals surface area (Å²) < 4.78 is 23.8. The molecule has 27 heavy (non-hydrogen) atoms. The Kier molecular flexibility index (Phi) is 5.40. The Balaban J connectivity index is 1.81. The summed E-state index contributed by atoms with van der Waals surface area (Å²) in [6.45, 7) is 2.39. The molecule has 1 saturated heterocycles. The van der Waals surface area contributed by atoms with Crippen LogP contribution < -0.4 is 14.8 Å². The van der Waals surface area contributed by atoms with E-state index in [9.17, 15) is 14.0 Å². The van der Waals surface area contributed by atoms with Crippen LogP contribution in [0, 0.1) is 5.82 Å². The summed E-state index contributed by atoms with van der Waals surface area (Å²) in [4.78, 5) is 25.8. The first kappa shape index (κ1) is 18.4. The number of amides is 3. The summed E-state index contributed by atoms with van der Waals surface area (Å²) >= 11 is 0. The van der Waals surface area contributed by atoms with Crippen molar-refractivity contribution in [3.63, 3.8) is 0 Å². The molecule has 0 aromatic heterocycles. The average molecular weight is 370 g/mol. The Morgan fingerprint density at radius 3 is 2.52 bits per heavy atom. The van der Waals surface area contributed by atoms with E-state index in [4.69, 9.17) is 9.47 Å². The number of rotatable bonds is 6. The molecule has 0 unspecified atom stereocenters. The third kappa shape index (κ3) is 4.08. The Labute approximate surface area is 156 Å². The Morgan fingerprint density at radius 2 is 1.85 bits per heavy atom. The van der Waals surface area contributed by atoms with Crippen molar-refractivity contribution in [1.82, 2.24) is 10.2 Å². The Hall–Kier alpha value is -3.35. The van der Waals surface area contributed by atoms with Gasteiger partial charge < -0.3 is 14.8 Å². The molecule has 0 aliphatic carbocycles. The van der Waals surface area contributed by atoms with Crippen molar-refractivity contribution in [2.75, 3.05) is 13.7 Å². The van der Waals surface area contributed by atoms with Gasteiger partial charge in [-0.3, -0.25) is 9.69 Å². The number of hydrogen-bond donors (Lipinski definition) is 1. The van der Waals surface area contributed by atoms with Gasteiger partial charge in [0.25, 0.3) is 5.91 Å². The number of carbonyl (C=O) groups excluding carboxylic acids is 2. The number of nitrogens with zero attached hydrogens (tertiary/aromatic N) is 1. The maximum atomic E-state index is 13.0. The second kappa shape index (κ2) is 7.90. The Morgan fingerprint density at radius 1 is 1.11 bits per heavy atom. The fourth-order valence-corrected chi connectivity index (χ4v) is 2.71. The second-order valence-corrected chi connectivity index (χ2v) is 5.85. The standard InChI is InChI=1S/C20H19FN2O4/c1-3-27-18-11-14(6-9-17(18)26-2)10-16-19(24)23(20(25)22-16)12-13-4-7-15(21)8-5-13/h4-11H,3,12H2,1-2H3,(H,22,25)/b16-10-. The summed E-state index contributed by atoms with van der Waals surface area (Å²) in [5, 5.41) is 2.57. The van der Waals surface area contributed by atoms with Gasteiger partial charge in [-0.2, -0.15) is 0 Å². The van der Waals surface area contributed by atoms with Crippen molar-refractivity contribution < 1.29 is 23.5 Å². The number of ether oxygens (including phenoxy) is 2. The van der Waals surface area contributed by atoms with Gasteiger partial charge in [-0.15, -0.1) is 0 Å². The third-order valence-electron chi connectivity index (χ3n) is 4.01. The lowest BCUT2D eigenvalue weighted by atomic mass is 10.1. The predicted molar refractivity (Wildman–Crippen MR) is 97.6 cm³/mol. The van der Waals surface area contributed by atoms with Crippen molar-refractivity contribution in [3.05, 3.63) is 65.1 Å². The minimum atomic E-state index is -0.519. The summed E-state index contributed by atoms with van der Waals surface area (Å²) in [6.07, 6.45) is 1.58. The molecule has 3 rings (SSSR count). The van der Waals surface area contributed by atoms with Crippen LogP contribution in [-0.4, -0.2) is 30.6 Å². The van der Waals surface area contributed by atoms with Crippen LogP contribution in [0.15, 0.2) is 48.2 Å². The van der Waals surface area contributed by atoms with E-state index in [1.54, 1.807) is 31.4 Å². The molecule has 1 aliphatic rings. The van der Waals surface area contributed by atoms with Gasteiger partial charge in [0.2, 0.25) is 0 Å². The second-order valence-electron chi connectivity index (χ2n) is 5.85. The summed E-state index contributed by atoms with van der Waals surface area (Å²) in [7, 11) is 1.55. The largest absolute Gasteiger partial charge is 0.493 e. The summed E-state index contributed by atoms with van der Waals surface area (Å²) in [5.74, 6) is 0.312. The lowest BCUT2D eigenvalue weighted by Crippen LogP contribution is -2.30. The first-order valence-corrected chi connectivity index (χ1v) is 8.41. The lowest BCUT2D eigenvalue weighted by Gasteiger charge is -2.11. The van der Waals surface area contributed by atoms with Gasteiger partial charge in [-0.1, -0.05) is 18.2 Å². The number of halogens is 1. The fraction of sp³-hybridized carbons (Fsp3) is 0.200. The zero-order chi connectivity index (χ0) is 19.4. The lowest BCUT2D eigenvalue weighted by molar-refractivity contribution is -0.123. The van der Waals surface area contributed by atoms with Gasteiger partial charge in [0.05, 0.1) is 20.3 Å². The SMILES string of the molecule is CCOc1cc(/C=C2\NC(=O)N(Cc3ccc(F)cc3)C2=O)ccc1OC. The maximum absolute atomic E-state index is 13.0. The van der Waals surface area contributed by atoms with Gasteiger partial charge in [0, 0.05) is 0 Å². The van der Waals surface area contributed by atoms with Crippen LogP contribution in [0.1, 0.15) is 18.1 Å². The number of urea groups is 1. The van der Waals surface area contributed by atoms with E-state index in [0.29, 0.717) is 29.2 Å². The van der Waals surface area contributed by atoms with E-state index >= 15 is 0 Å². The van der Waals surface area contributed by atoms with Crippen molar-refractivity contribution in [1.29, 1.82) is 0 Å². The molecular weight excluding hydrogens is 351 g/mol. The highest BCUT2D eigenvalue weighted by Gasteiger charge is 2.33. The van der Waals surface area contributed by atoms with Gasteiger partial charge >= 0.3 is 6.03 Å². The number of nitrogens with one attached hydrogen (secondary N) is 1. The van der Waals surface area contributed by atoms with Crippen molar-refractivity contribution >= 4 is 18.0 Å². The molecule has 2 aromatic carbocycles. The minimum absolute atomic E-state index is 0.0646. The van der Waals surface area contributed by atoms with Crippen LogP contribution in [0.3, 0.4) is 0 Å². The third-order valence-corrected chi connectivity index (χ3v) is 4.01. The molecule has 0 radical (unpaired) electrons. The van der Waals surface area contributed by atoms with E-state index in [1.165, 1.54) is 24.3 Å². The smallest absolute Gasteiger partial charge is 0.329 e. The van der Waals surface area contributed by atoms with E-state index in [2.05, 4.69) is 5.32 Å². The molecule has 0 spiro atoms. The highest BCUT2D eigenvalue weighted by atomic mass is 19.1. The summed E-state index contributed by atoms with van der Waals surface area (Å²) in [5.41, 5.74) is 1.51. The molecule has 2 aromatic rings. The number of carbonyl (C=O) groups is 2. The zero-order valence-electron chi connectivity index (χ0n) is 15.0. The molecule has 1 N–H and O–H groups in total. The van der Waals surface area contributed by atoms with E-state index in [-0.39, 0.29) is 18.1 Å². The van der Waals surface area contributed by atoms with Gasteiger partial charge in [-0.25, -0.2) is 9.18 Å². The molecule has 0 atom stereocenters. The quantitative estimate of drug-likeness (QED) is 0.626. The van der Waals surface area contributed by atoms with Crippen LogP contribution >= 0.6 is 0 Å². The number of imide groups is 1. The summed E-state index contributed by atoms with van der Waals surface area (Å²) in [6, 6.07) is 10.4. The van der Waals surface area contributed by atoms with Crippen LogP contribution in [0.5, 0.6) is 11.5 Å². The van der Waals surface area contributed by atoms with Crippen molar-refractivity contribution in [2.24, 2.45) is 0 Å². The van der Waals surface area contributed by atoms with E-state index in [1.807, 2.05) is 6.92 Å². The predicted octanol–water partition coefficient (Wildman–Crippen LogP) is 3.33. The first-order valence-electron chi connectivity index (χ1n) is 8.41. The zero-order valence-corrected chi connectivity index (χ0v) is 15.0.